The third-order valence-electron chi connectivity index (χ3n) is 5.10. The lowest BCUT2D eigenvalue weighted by Gasteiger charge is -2.30. The summed E-state index contributed by atoms with van der Waals surface area (Å²) in [6, 6.07) is 14.8. The van der Waals surface area contributed by atoms with Crippen molar-refractivity contribution in [3.63, 3.8) is 0 Å². The minimum Gasteiger partial charge on any atom is -0.497 e. The molecule has 0 fully saturated rings. The second kappa shape index (κ2) is 9.34. The van der Waals surface area contributed by atoms with Gasteiger partial charge in [0.1, 0.15) is 5.75 Å². The Morgan fingerprint density at radius 3 is 2.55 bits per heavy atom. The van der Waals surface area contributed by atoms with E-state index in [9.17, 15) is 9.59 Å². The van der Waals surface area contributed by atoms with Gasteiger partial charge in [0, 0.05) is 11.9 Å². The van der Waals surface area contributed by atoms with E-state index in [0.29, 0.717) is 17.3 Å². The Kier molecular flexibility index (Phi) is 6.61. The molecule has 0 spiro atoms. The number of benzene rings is 2. The minimum absolute atomic E-state index is 0.0157. The first-order chi connectivity index (χ1) is 14.1. The number of methoxy groups -OCH3 is 1. The van der Waals surface area contributed by atoms with Crippen LogP contribution in [0.5, 0.6) is 5.75 Å². The minimum atomic E-state index is -0.322. The number of hydrogen-bond donors (Lipinski definition) is 2. The SMILES string of the molecule is CCN(CC)C(CNC(=O)c1n[nH]c(=O)c2ccccc12)c1cccc(OC)c1. The Bertz CT molecular complexity index is 1040. The molecule has 1 atom stereocenters. The number of amides is 1. The van der Waals surface area contributed by atoms with Crippen LogP contribution >= 0.6 is 0 Å². The van der Waals surface area contributed by atoms with Crippen LogP contribution in [0.2, 0.25) is 0 Å². The molecular weight excluding hydrogens is 368 g/mol. The van der Waals surface area contributed by atoms with Gasteiger partial charge >= 0.3 is 0 Å². The summed E-state index contributed by atoms with van der Waals surface area (Å²) in [6.45, 7) is 6.27. The van der Waals surface area contributed by atoms with Gasteiger partial charge in [-0.1, -0.05) is 44.2 Å². The van der Waals surface area contributed by atoms with Crippen LogP contribution in [-0.2, 0) is 0 Å². The lowest BCUT2D eigenvalue weighted by atomic mass is 10.0. The third kappa shape index (κ3) is 4.46. The quantitative estimate of drug-likeness (QED) is 0.613. The molecule has 3 aromatic rings. The summed E-state index contributed by atoms with van der Waals surface area (Å²) in [7, 11) is 1.64. The number of rotatable bonds is 8. The highest BCUT2D eigenvalue weighted by molar-refractivity contribution is 6.04. The van der Waals surface area contributed by atoms with Crippen molar-refractivity contribution in [3.8, 4) is 5.75 Å². The molecule has 0 saturated carbocycles. The molecule has 29 heavy (non-hydrogen) atoms. The first kappa shape index (κ1) is 20.5. The van der Waals surface area contributed by atoms with Gasteiger partial charge in [-0.3, -0.25) is 14.5 Å². The maximum Gasteiger partial charge on any atom is 0.272 e. The number of aromatic amines is 1. The van der Waals surface area contributed by atoms with E-state index in [1.54, 1.807) is 31.4 Å². The average Bonchev–Trinajstić information content (AvgIpc) is 2.77. The van der Waals surface area contributed by atoms with Crippen molar-refractivity contribution in [1.29, 1.82) is 0 Å². The molecule has 0 aliphatic rings. The topological polar surface area (TPSA) is 87.3 Å². The largest absolute Gasteiger partial charge is 0.497 e. The zero-order valence-electron chi connectivity index (χ0n) is 16.9. The van der Waals surface area contributed by atoms with Gasteiger partial charge in [0.15, 0.2) is 5.69 Å². The van der Waals surface area contributed by atoms with Crippen molar-refractivity contribution in [2.24, 2.45) is 0 Å². The van der Waals surface area contributed by atoms with Gasteiger partial charge in [-0.05, 0) is 36.9 Å². The summed E-state index contributed by atoms with van der Waals surface area (Å²) in [4.78, 5) is 27.1. The Balaban J connectivity index is 1.87. The number of nitrogens with zero attached hydrogens (tertiary/aromatic N) is 2. The molecule has 7 nitrogen and oxygen atoms in total. The van der Waals surface area contributed by atoms with Gasteiger partial charge < -0.3 is 10.1 Å². The maximum atomic E-state index is 12.9. The molecule has 0 aliphatic heterocycles. The fourth-order valence-electron chi connectivity index (χ4n) is 3.53. The zero-order chi connectivity index (χ0) is 20.8. The van der Waals surface area contributed by atoms with E-state index in [4.69, 9.17) is 4.74 Å². The number of H-pyrrole nitrogens is 1. The molecule has 1 aromatic heterocycles. The van der Waals surface area contributed by atoms with Crippen molar-refractivity contribution in [1.82, 2.24) is 20.4 Å². The Hall–Kier alpha value is -3.19. The summed E-state index contributed by atoms with van der Waals surface area (Å²) in [6.07, 6.45) is 0. The third-order valence-corrected chi connectivity index (χ3v) is 5.10. The van der Waals surface area contributed by atoms with Crippen molar-refractivity contribution in [3.05, 3.63) is 70.1 Å². The highest BCUT2D eigenvalue weighted by atomic mass is 16.5. The van der Waals surface area contributed by atoms with E-state index in [0.717, 1.165) is 24.4 Å². The number of nitrogens with one attached hydrogen (secondary N) is 2. The number of aromatic nitrogens is 2. The molecule has 2 aromatic carbocycles. The van der Waals surface area contributed by atoms with E-state index < -0.39 is 0 Å². The molecule has 2 N–H and O–H groups in total. The van der Waals surface area contributed by atoms with E-state index in [2.05, 4.69) is 34.3 Å². The van der Waals surface area contributed by atoms with Gasteiger partial charge in [0.25, 0.3) is 11.5 Å². The van der Waals surface area contributed by atoms with Crippen LogP contribution in [0.25, 0.3) is 10.8 Å². The van der Waals surface area contributed by atoms with Crippen LogP contribution in [0.1, 0.15) is 35.9 Å². The summed E-state index contributed by atoms with van der Waals surface area (Å²) < 4.78 is 5.36. The Morgan fingerprint density at radius 2 is 1.86 bits per heavy atom. The molecule has 1 amide bonds. The molecule has 152 valence electrons. The Morgan fingerprint density at radius 1 is 1.14 bits per heavy atom. The van der Waals surface area contributed by atoms with Crippen LogP contribution < -0.4 is 15.6 Å². The van der Waals surface area contributed by atoms with Gasteiger partial charge in [-0.25, -0.2) is 5.10 Å². The number of carbonyl (C=O) groups is 1. The number of fused-ring (bicyclic) bond motifs is 1. The second-order valence-electron chi connectivity index (χ2n) is 6.67. The standard InChI is InChI=1S/C22H26N4O3/c1-4-26(5-2)19(15-9-8-10-16(13-15)29-3)14-23-22(28)20-17-11-6-7-12-18(17)21(27)25-24-20/h6-13,19H,4-5,14H2,1-3H3,(H,23,28)(H,25,27). The van der Waals surface area contributed by atoms with Gasteiger partial charge in [0.2, 0.25) is 0 Å². The molecule has 0 aliphatic carbocycles. The van der Waals surface area contributed by atoms with Crippen molar-refractivity contribution in [2.45, 2.75) is 19.9 Å². The fourth-order valence-corrected chi connectivity index (χ4v) is 3.53. The fraction of sp³-hybridized carbons (Fsp3) is 0.318. The molecule has 0 bridgehead atoms. The van der Waals surface area contributed by atoms with E-state index in [-0.39, 0.29) is 23.2 Å². The highest BCUT2D eigenvalue weighted by Crippen LogP contribution is 2.24. The first-order valence-electron chi connectivity index (χ1n) is 9.72. The van der Waals surface area contributed by atoms with Crippen LogP contribution in [0.15, 0.2) is 53.3 Å². The average molecular weight is 394 g/mol. The molecular formula is C22H26N4O3. The normalized spacial score (nSPS) is 12.1. The van der Waals surface area contributed by atoms with Crippen LogP contribution in [0.4, 0.5) is 0 Å². The van der Waals surface area contributed by atoms with Crippen LogP contribution in [0, 0.1) is 0 Å². The molecule has 1 heterocycles. The molecule has 3 rings (SSSR count). The number of carbonyl (C=O) groups excluding carboxylic acids is 1. The monoisotopic (exact) mass is 394 g/mol. The van der Waals surface area contributed by atoms with Gasteiger partial charge in [0.05, 0.1) is 18.5 Å². The van der Waals surface area contributed by atoms with E-state index >= 15 is 0 Å². The maximum absolute atomic E-state index is 12.9. The van der Waals surface area contributed by atoms with Crippen molar-refractivity contribution < 1.29 is 9.53 Å². The van der Waals surface area contributed by atoms with E-state index in [1.165, 1.54) is 0 Å². The summed E-state index contributed by atoms with van der Waals surface area (Å²) >= 11 is 0. The van der Waals surface area contributed by atoms with Crippen molar-refractivity contribution >= 4 is 16.7 Å². The lowest BCUT2D eigenvalue weighted by molar-refractivity contribution is 0.0930. The number of ether oxygens (including phenoxy) is 1. The van der Waals surface area contributed by atoms with Gasteiger partial charge in [-0.2, -0.15) is 5.10 Å². The van der Waals surface area contributed by atoms with E-state index in [1.807, 2.05) is 24.3 Å². The van der Waals surface area contributed by atoms with Crippen molar-refractivity contribution in [2.75, 3.05) is 26.7 Å². The highest BCUT2D eigenvalue weighted by Gasteiger charge is 2.21. The molecule has 0 saturated heterocycles. The second-order valence-corrected chi connectivity index (χ2v) is 6.67. The first-order valence-corrected chi connectivity index (χ1v) is 9.72. The predicted octanol–water partition coefficient (Wildman–Crippen LogP) is 2.74. The lowest BCUT2D eigenvalue weighted by Crippen LogP contribution is -2.38. The molecule has 1 unspecified atom stereocenters. The molecule has 7 heteroatoms. The summed E-state index contributed by atoms with van der Waals surface area (Å²) in [5.41, 5.74) is 0.964. The van der Waals surface area contributed by atoms with Gasteiger partial charge in [-0.15, -0.1) is 0 Å². The number of likely N-dealkylation sites (N-methyl/N-ethyl adjacent to an activating group) is 1. The summed E-state index contributed by atoms with van der Waals surface area (Å²) in [5.74, 6) is 0.455. The predicted molar refractivity (Wildman–Crippen MR) is 113 cm³/mol. The van der Waals surface area contributed by atoms with Crippen LogP contribution in [-0.4, -0.2) is 47.7 Å². The number of hydrogen-bond acceptors (Lipinski definition) is 5. The smallest absolute Gasteiger partial charge is 0.272 e. The zero-order valence-corrected chi connectivity index (χ0v) is 16.9. The Labute approximate surface area is 169 Å². The molecule has 0 radical (unpaired) electrons. The summed E-state index contributed by atoms with van der Waals surface area (Å²) in [5, 5.41) is 10.4. The van der Waals surface area contributed by atoms with Crippen LogP contribution in [0.3, 0.4) is 0 Å².